The predicted octanol–water partition coefficient (Wildman–Crippen LogP) is 12.6. The second-order valence-electron chi connectivity index (χ2n) is 17.5. The van der Waals surface area contributed by atoms with Crippen molar-refractivity contribution in [1.29, 1.82) is 0 Å². The van der Waals surface area contributed by atoms with Crippen molar-refractivity contribution in [2.75, 3.05) is 0 Å². The van der Waals surface area contributed by atoms with Crippen LogP contribution in [0.4, 0.5) is 0 Å². The van der Waals surface area contributed by atoms with Gasteiger partial charge < -0.3 is 14.6 Å². The molecule has 2 saturated carbocycles. The molecule has 5 rings (SSSR count). The Morgan fingerprint density at radius 2 is 1.21 bits per heavy atom. The third-order valence-corrected chi connectivity index (χ3v) is 12.2. The van der Waals surface area contributed by atoms with Gasteiger partial charge in [0.1, 0.15) is 30.0 Å². The average Bonchev–Trinajstić information content (AvgIpc) is 3.19. The summed E-state index contributed by atoms with van der Waals surface area (Å²) in [6.45, 7) is 18.7. The highest BCUT2D eigenvalue weighted by Gasteiger charge is 2.74. The number of allylic oxidation sites excluding steroid dienone is 9. The molecule has 0 radical (unpaired) electrons. The highest BCUT2D eigenvalue weighted by Crippen LogP contribution is 2.67. The van der Waals surface area contributed by atoms with Crippen LogP contribution in [0.5, 0.6) is 11.5 Å². The van der Waals surface area contributed by atoms with Crippen LogP contribution in [0.3, 0.4) is 0 Å². The van der Waals surface area contributed by atoms with Gasteiger partial charge in [-0.1, -0.05) is 114 Å². The van der Waals surface area contributed by atoms with Crippen LogP contribution in [0.2, 0.25) is 0 Å². The molecule has 2 aliphatic rings. The lowest BCUT2D eigenvalue weighted by Gasteiger charge is -2.61. The molecule has 0 amide bonds. The molecule has 306 valence electrons. The summed E-state index contributed by atoms with van der Waals surface area (Å²) < 4.78 is 12.6. The first kappa shape index (κ1) is 43.9. The lowest BCUT2D eigenvalue weighted by molar-refractivity contribution is -0.178. The largest absolute Gasteiger partial charge is 0.506 e. The molecule has 2 fully saturated rings. The summed E-state index contributed by atoms with van der Waals surface area (Å²) in [6.07, 6.45) is 10.7. The molecular formula is C52H62O6. The monoisotopic (exact) mass is 782 g/mol. The zero-order valence-corrected chi connectivity index (χ0v) is 36.0. The van der Waals surface area contributed by atoms with Gasteiger partial charge in [0, 0.05) is 5.56 Å². The number of aliphatic hydroxyl groups excluding tert-OH is 1. The van der Waals surface area contributed by atoms with Gasteiger partial charge in [-0.25, -0.2) is 0 Å². The first-order chi connectivity index (χ1) is 27.6. The summed E-state index contributed by atoms with van der Waals surface area (Å²) in [7, 11) is 0. The SMILES string of the molecule is CC(C)=CCC[C@]1(C)[C@@H](CC=C(C)C)C[C@@]2(CC=C(C)C)C(=O)/C(=C(\O)c3ccc(OCc4ccccc4)c(OCc4ccccc4)c3)C(=O)[C@]1(CC=C(C)C)C2=O. The van der Waals surface area contributed by atoms with Gasteiger partial charge in [-0.15, -0.1) is 0 Å². The van der Waals surface area contributed by atoms with Crippen molar-refractivity contribution in [1.82, 2.24) is 0 Å². The number of aliphatic hydroxyl groups is 1. The Hall–Kier alpha value is -5.23. The van der Waals surface area contributed by atoms with Gasteiger partial charge in [0.2, 0.25) is 0 Å². The molecule has 0 saturated heterocycles. The Bertz CT molecular complexity index is 2140. The van der Waals surface area contributed by atoms with Crippen LogP contribution < -0.4 is 9.47 Å². The summed E-state index contributed by atoms with van der Waals surface area (Å²) in [5.74, 6) is -1.31. The van der Waals surface area contributed by atoms with Crippen molar-refractivity contribution in [2.24, 2.45) is 22.2 Å². The number of fused-ring (bicyclic) bond motifs is 2. The molecule has 0 spiro atoms. The van der Waals surface area contributed by atoms with Gasteiger partial charge >= 0.3 is 0 Å². The maximum Gasteiger partial charge on any atom is 0.184 e. The van der Waals surface area contributed by atoms with Crippen LogP contribution >= 0.6 is 0 Å². The van der Waals surface area contributed by atoms with E-state index in [2.05, 4.69) is 46.8 Å². The Morgan fingerprint density at radius 1 is 0.672 bits per heavy atom. The van der Waals surface area contributed by atoms with Gasteiger partial charge in [0.25, 0.3) is 0 Å². The summed E-state index contributed by atoms with van der Waals surface area (Å²) >= 11 is 0. The second kappa shape index (κ2) is 18.6. The molecule has 0 heterocycles. The van der Waals surface area contributed by atoms with E-state index in [1.807, 2.05) is 101 Å². The third kappa shape index (κ3) is 9.07. The molecule has 3 aromatic carbocycles. The fourth-order valence-corrected chi connectivity index (χ4v) is 8.81. The number of hydrogen-bond donors (Lipinski definition) is 1. The average molecular weight is 783 g/mol. The zero-order chi connectivity index (χ0) is 42.3. The molecule has 58 heavy (non-hydrogen) atoms. The molecule has 6 heteroatoms. The third-order valence-electron chi connectivity index (χ3n) is 12.2. The molecular weight excluding hydrogens is 721 g/mol. The van der Waals surface area contributed by atoms with Crippen molar-refractivity contribution in [3.8, 4) is 11.5 Å². The van der Waals surface area contributed by atoms with E-state index >= 15 is 14.4 Å². The number of Topliss-reactive ketones (excluding diaryl/α,β-unsaturated/α-hetero) is 3. The quantitative estimate of drug-likeness (QED) is 0.0512. The first-order valence-corrected chi connectivity index (χ1v) is 20.6. The lowest BCUT2D eigenvalue weighted by Crippen LogP contribution is -2.70. The van der Waals surface area contributed by atoms with Gasteiger partial charge in [-0.05, 0) is 135 Å². The van der Waals surface area contributed by atoms with E-state index in [4.69, 9.17) is 9.47 Å². The van der Waals surface area contributed by atoms with Gasteiger partial charge in [-0.2, -0.15) is 0 Å². The highest BCUT2D eigenvalue weighted by atomic mass is 16.5. The maximum atomic E-state index is 15.7. The summed E-state index contributed by atoms with van der Waals surface area (Å²) in [6, 6.07) is 24.5. The Morgan fingerprint density at radius 3 is 1.76 bits per heavy atom. The van der Waals surface area contributed by atoms with E-state index in [0.29, 0.717) is 30.8 Å². The zero-order valence-electron chi connectivity index (χ0n) is 36.0. The smallest absolute Gasteiger partial charge is 0.184 e. The van der Waals surface area contributed by atoms with Crippen LogP contribution in [0.15, 0.2) is 131 Å². The molecule has 2 aliphatic carbocycles. The first-order valence-electron chi connectivity index (χ1n) is 20.6. The standard InChI is InChI=1S/C52H62O6/c1-35(2)17-16-28-50(9)42(24-22-36(3)4)32-51(29-26-37(5)6)47(54)45(48(55)52(50,49(51)56)30-27-38(7)8)46(53)41-23-25-43(57-33-39-18-12-10-13-19-39)44(31-41)58-34-40-20-14-11-15-21-40/h10-15,17-23,25-27,31,42,53H,16,24,28-30,32-34H2,1-9H3/b46-45+/t42-,50+,51-,52+/m0/s1. The Labute approximate surface area is 346 Å². The van der Waals surface area contributed by atoms with Gasteiger partial charge in [-0.3, -0.25) is 14.4 Å². The van der Waals surface area contributed by atoms with E-state index in [1.165, 1.54) is 0 Å². The van der Waals surface area contributed by atoms with E-state index in [-0.39, 0.29) is 55.3 Å². The molecule has 3 aromatic rings. The number of ketones is 3. The summed E-state index contributed by atoms with van der Waals surface area (Å²) in [4.78, 5) is 46.7. The van der Waals surface area contributed by atoms with Gasteiger partial charge in [0.05, 0.1) is 5.41 Å². The Balaban J connectivity index is 1.75. The minimum absolute atomic E-state index is 0.141. The van der Waals surface area contributed by atoms with Crippen molar-refractivity contribution >= 4 is 23.1 Å². The van der Waals surface area contributed by atoms with Crippen LogP contribution in [-0.2, 0) is 27.6 Å². The minimum Gasteiger partial charge on any atom is -0.506 e. The van der Waals surface area contributed by atoms with Crippen molar-refractivity contribution < 1.29 is 29.0 Å². The van der Waals surface area contributed by atoms with Crippen LogP contribution in [0, 0.1) is 22.2 Å². The maximum absolute atomic E-state index is 15.7. The molecule has 6 nitrogen and oxygen atoms in total. The Kier molecular flexibility index (Phi) is 14.1. The molecule has 0 unspecified atom stereocenters. The summed E-state index contributed by atoms with van der Waals surface area (Å²) in [5.41, 5.74) is 2.11. The minimum atomic E-state index is -1.60. The molecule has 0 aliphatic heterocycles. The number of benzene rings is 3. The molecule has 1 N–H and O–H groups in total. The number of ether oxygens (including phenoxy) is 2. The molecule has 0 aromatic heterocycles. The second-order valence-corrected chi connectivity index (χ2v) is 17.5. The van der Waals surface area contributed by atoms with E-state index in [9.17, 15) is 5.11 Å². The number of hydrogen-bond acceptors (Lipinski definition) is 6. The normalized spacial score (nSPS) is 23.4. The van der Waals surface area contributed by atoms with Crippen molar-refractivity contribution in [3.63, 3.8) is 0 Å². The number of carbonyl (C=O) groups excluding carboxylic acids is 3. The molecule has 2 bridgehead atoms. The fraction of sp³-hybridized carbons (Fsp3) is 0.404. The lowest BCUT2D eigenvalue weighted by atomic mass is 9.37. The van der Waals surface area contributed by atoms with Crippen LogP contribution in [0.1, 0.15) is 118 Å². The predicted molar refractivity (Wildman–Crippen MR) is 234 cm³/mol. The summed E-state index contributed by atoms with van der Waals surface area (Å²) in [5, 5.41) is 12.5. The van der Waals surface area contributed by atoms with E-state index in [0.717, 1.165) is 33.4 Å². The fourth-order valence-electron chi connectivity index (χ4n) is 8.81. The van der Waals surface area contributed by atoms with Crippen molar-refractivity contribution in [2.45, 2.75) is 114 Å². The van der Waals surface area contributed by atoms with E-state index < -0.39 is 33.6 Å². The van der Waals surface area contributed by atoms with E-state index in [1.54, 1.807) is 18.2 Å². The highest BCUT2D eigenvalue weighted by molar-refractivity contribution is 6.41. The molecule has 4 atom stereocenters. The number of carbonyl (C=O) groups is 3. The number of rotatable bonds is 16. The van der Waals surface area contributed by atoms with Crippen LogP contribution in [-0.4, -0.2) is 22.5 Å². The van der Waals surface area contributed by atoms with Crippen molar-refractivity contribution in [3.05, 3.63) is 148 Å². The topological polar surface area (TPSA) is 89.9 Å². The van der Waals surface area contributed by atoms with Crippen LogP contribution in [0.25, 0.3) is 5.76 Å². The van der Waals surface area contributed by atoms with Gasteiger partial charge in [0.15, 0.2) is 28.8 Å².